The molecule has 2 fully saturated rings. The van der Waals surface area contributed by atoms with Gasteiger partial charge in [-0.15, -0.1) is 0 Å². The average molecular weight is 294 g/mol. The third-order valence-electron chi connectivity index (χ3n) is 4.50. The highest BCUT2D eigenvalue weighted by Gasteiger charge is 2.56. The van der Waals surface area contributed by atoms with E-state index in [0.29, 0.717) is 25.9 Å². The van der Waals surface area contributed by atoms with Crippen molar-refractivity contribution in [3.05, 3.63) is 35.9 Å². The summed E-state index contributed by atoms with van der Waals surface area (Å²) in [5.74, 6) is 0.0551. The molecule has 0 aliphatic carbocycles. The van der Waals surface area contributed by atoms with Gasteiger partial charge in [0.1, 0.15) is 0 Å². The molecular formula is C14H18N2O3S. The van der Waals surface area contributed by atoms with Crippen molar-refractivity contribution in [3.63, 3.8) is 0 Å². The molecule has 1 aromatic carbocycles. The predicted octanol–water partition coefficient (Wildman–Crippen LogP) is 0.899. The van der Waals surface area contributed by atoms with Crippen LogP contribution in [-0.4, -0.2) is 38.0 Å². The summed E-state index contributed by atoms with van der Waals surface area (Å²) in [6, 6.07) is 9.89. The monoisotopic (exact) mass is 294 g/mol. The molecular weight excluding hydrogens is 276 g/mol. The molecule has 20 heavy (non-hydrogen) atoms. The largest absolute Gasteiger partial charge is 0.348 e. The van der Waals surface area contributed by atoms with E-state index >= 15 is 0 Å². The molecule has 1 atom stereocenters. The molecule has 1 aromatic rings. The molecule has 0 bridgehead atoms. The maximum Gasteiger partial charge on any atom is 0.229 e. The van der Waals surface area contributed by atoms with Gasteiger partial charge in [-0.25, -0.2) is 12.7 Å². The lowest BCUT2D eigenvalue weighted by Crippen LogP contribution is -2.64. The van der Waals surface area contributed by atoms with Crippen molar-refractivity contribution in [1.29, 1.82) is 0 Å². The Kier molecular flexibility index (Phi) is 3.10. The summed E-state index contributed by atoms with van der Waals surface area (Å²) in [6.07, 6.45) is 2.40. The normalized spacial score (nSPS) is 26.1. The van der Waals surface area contributed by atoms with Crippen molar-refractivity contribution in [2.75, 3.05) is 19.3 Å². The van der Waals surface area contributed by atoms with Crippen LogP contribution in [0.1, 0.15) is 24.4 Å². The highest BCUT2D eigenvalue weighted by Crippen LogP contribution is 2.49. The van der Waals surface area contributed by atoms with Crippen molar-refractivity contribution >= 4 is 15.9 Å². The van der Waals surface area contributed by atoms with Gasteiger partial charge in [0, 0.05) is 13.1 Å². The molecule has 108 valence electrons. The average Bonchev–Trinajstić information content (AvgIpc) is 2.45. The highest BCUT2D eigenvalue weighted by molar-refractivity contribution is 7.88. The van der Waals surface area contributed by atoms with Gasteiger partial charge in [-0.2, -0.15) is 0 Å². The van der Waals surface area contributed by atoms with Crippen LogP contribution in [0.15, 0.2) is 30.3 Å². The van der Waals surface area contributed by atoms with Crippen LogP contribution < -0.4 is 5.32 Å². The number of nitrogens with one attached hydrogen (secondary N) is 1. The van der Waals surface area contributed by atoms with Crippen molar-refractivity contribution in [1.82, 2.24) is 9.62 Å². The number of piperidine rings is 1. The molecule has 0 radical (unpaired) electrons. The Labute approximate surface area is 119 Å². The summed E-state index contributed by atoms with van der Waals surface area (Å²) in [5.41, 5.74) is 0.669. The first kappa shape index (κ1) is 13.6. The Morgan fingerprint density at radius 2 is 1.80 bits per heavy atom. The summed E-state index contributed by atoms with van der Waals surface area (Å²) in [4.78, 5) is 12.1. The Morgan fingerprint density at radius 1 is 1.20 bits per heavy atom. The Morgan fingerprint density at radius 3 is 2.30 bits per heavy atom. The molecule has 1 N–H and O–H groups in total. The van der Waals surface area contributed by atoms with Crippen LogP contribution in [0, 0.1) is 5.41 Å². The maximum absolute atomic E-state index is 12.1. The quantitative estimate of drug-likeness (QED) is 0.824. The lowest BCUT2D eigenvalue weighted by molar-refractivity contribution is -0.150. The van der Waals surface area contributed by atoms with Crippen LogP contribution in [0.4, 0.5) is 0 Å². The number of sulfonamides is 1. The van der Waals surface area contributed by atoms with Gasteiger partial charge >= 0.3 is 0 Å². The molecule has 0 saturated carbocycles. The molecule has 3 rings (SSSR count). The fraction of sp³-hybridized carbons (Fsp3) is 0.500. The lowest BCUT2D eigenvalue weighted by atomic mass is 9.64. The van der Waals surface area contributed by atoms with Gasteiger partial charge in [0.2, 0.25) is 15.9 Å². The van der Waals surface area contributed by atoms with Crippen LogP contribution in [0.3, 0.4) is 0 Å². The van der Waals surface area contributed by atoms with Crippen LogP contribution in [-0.2, 0) is 14.8 Å². The summed E-state index contributed by atoms with van der Waals surface area (Å²) in [6.45, 7) is 0.852. The second-order valence-electron chi connectivity index (χ2n) is 5.64. The van der Waals surface area contributed by atoms with Gasteiger partial charge in [0.05, 0.1) is 17.7 Å². The summed E-state index contributed by atoms with van der Waals surface area (Å²) >= 11 is 0. The van der Waals surface area contributed by atoms with Gasteiger partial charge in [-0.1, -0.05) is 30.3 Å². The van der Waals surface area contributed by atoms with Gasteiger partial charge in [-0.3, -0.25) is 4.79 Å². The van der Waals surface area contributed by atoms with E-state index in [9.17, 15) is 13.2 Å². The standard InChI is InChI=1S/C14H18N2O3S/c1-20(18,19)16-9-7-14(8-10-16)12(15-13(14)17)11-5-3-2-4-6-11/h2-6,12H,7-10H2,1H3,(H,15,17)/t12-/m0/s1. The van der Waals surface area contributed by atoms with Crippen molar-refractivity contribution in [2.24, 2.45) is 5.41 Å². The molecule has 2 aliphatic rings. The molecule has 0 aromatic heterocycles. The van der Waals surface area contributed by atoms with Gasteiger partial charge in [-0.05, 0) is 18.4 Å². The van der Waals surface area contributed by atoms with E-state index in [0.717, 1.165) is 5.56 Å². The maximum atomic E-state index is 12.1. The minimum atomic E-state index is -3.16. The second kappa shape index (κ2) is 4.56. The number of β-lactam (4-membered cyclic amide) rings is 1. The van der Waals surface area contributed by atoms with Gasteiger partial charge in [0.25, 0.3) is 0 Å². The molecule has 5 nitrogen and oxygen atoms in total. The number of carbonyl (C=O) groups excluding carboxylic acids is 1. The molecule has 2 heterocycles. The van der Waals surface area contributed by atoms with E-state index in [1.807, 2.05) is 30.3 Å². The third kappa shape index (κ3) is 2.03. The van der Waals surface area contributed by atoms with Gasteiger partial charge in [0.15, 0.2) is 0 Å². The number of benzene rings is 1. The van der Waals surface area contributed by atoms with E-state index in [1.165, 1.54) is 10.6 Å². The van der Waals surface area contributed by atoms with Crippen LogP contribution in [0.2, 0.25) is 0 Å². The minimum absolute atomic E-state index is 0.0120. The van der Waals surface area contributed by atoms with E-state index in [2.05, 4.69) is 5.32 Å². The number of rotatable bonds is 2. The molecule has 6 heteroatoms. The lowest BCUT2D eigenvalue weighted by Gasteiger charge is -2.52. The first-order chi connectivity index (χ1) is 9.43. The number of hydrogen-bond donors (Lipinski definition) is 1. The number of nitrogens with zero attached hydrogens (tertiary/aromatic N) is 1. The molecule has 2 saturated heterocycles. The summed E-state index contributed by atoms with van der Waals surface area (Å²) in [5, 5.41) is 2.97. The molecule has 1 amide bonds. The fourth-order valence-corrected chi connectivity index (χ4v) is 4.09. The van der Waals surface area contributed by atoms with Crippen molar-refractivity contribution in [2.45, 2.75) is 18.9 Å². The summed E-state index contributed by atoms with van der Waals surface area (Å²) in [7, 11) is -3.16. The molecule has 0 unspecified atom stereocenters. The van der Waals surface area contributed by atoms with E-state index in [1.54, 1.807) is 0 Å². The van der Waals surface area contributed by atoms with Crippen LogP contribution in [0.5, 0.6) is 0 Å². The SMILES string of the molecule is CS(=O)(=O)N1CCC2(CC1)C(=O)N[C@H]2c1ccccc1. The smallest absolute Gasteiger partial charge is 0.229 e. The Hall–Kier alpha value is -1.40. The Balaban J connectivity index is 1.81. The molecule has 2 aliphatic heterocycles. The zero-order valence-corrected chi connectivity index (χ0v) is 12.2. The topological polar surface area (TPSA) is 66.5 Å². The third-order valence-corrected chi connectivity index (χ3v) is 5.80. The number of amides is 1. The van der Waals surface area contributed by atoms with Crippen molar-refractivity contribution in [3.8, 4) is 0 Å². The van der Waals surface area contributed by atoms with E-state index in [-0.39, 0.29) is 11.9 Å². The number of carbonyl (C=O) groups is 1. The Bertz CT molecular complexity index is 619. The zero-order valence-electron chi connectivity index (χ0n) is 11.4. The van der Waals surface area contributed by atoms with Gasteiger partial charge < -0.3 is 5.32 Å². The fourth-order valence-electron chi connectivity index (χ4n) is 3.25. The highest BCUT2D eigenvalue weighted by atomic mass is 32.2. The van der Waals surface area contributed by atoms with Crippen molar-refractivity contribution < 1.29 is 13.2 Å². The zero-order chi connectivity index (χ0) is 14.4. The van der Waals surface area contributed by atoms with E-state index < -0.39 is 15.4 Å². The second-order valence-corrected chi connectivity index (χ2v) is 7.62. The molecule has 1 spiro atoms. The van der Waals surface area contributed by atoms with Crippen LogP contribution in [0.25, 0.3) is 0 Å². The summed E-state index contributed by atoms with van der Waals surface area (Å²) < 4.78 is 24.6. The van der Waals surface area contributed by atoms with Crippen LogP contribution >= 0.6 is 0 Å². The van der Waals surface area contributed by atoms with E-state index in [4.69, 9.17) is 0 Å². The predicted molar refractivity (Wildman–Crippen MR) is 75.4 cm³/mol. The number of hydrogen-bond acceptors (Lipinski definition) is 3. The first-order valence-corrected chi connectivity index (χ1v) is 8.59. The minimum Gasteiger partial charge on any atom is -0.348 e. The first-order valence-electron chi connectivity index (χ1n) is 6.74.